The van der Waals surface area contributed by atoms with Crippen molar-refractivity contribution in [2.24, 2.45) is 11.3 Å². The maximum Gasteiger partial charge on any atom is 0.161 e. The molecule has 0 heterocycles. The number of methoxy groups -OCH3 is 2. The Labute approximate surface area is 116 Å². The Morgan fingerprint density at radius 1 is 1.26 bits per heavy atom. The number of nitrogens with one attached hydrogen (secondary N) is 1. The predicted octanol–water partition coefficient (Wildman–Crippen LogP) is 3.40. The topological polar surface area (TPSA) is 30.5 Å². The van der Waals surface area contributed by atoms with Crippen molar-refractivity contribution < 1.29 is 9.47 Å². The SMILES string of the molecule is CCNC(c1ccc(OC)c(OC)c1)C1CC1(C)C. The quantitative estimate of drug-likeness (QED) is 0.853. The van der Waals surface area contributed by atoms with Crippen molar-refractivity contribution in [3.05, 3.63) is 23.8 Å². The lowest BCUT2D eigenvalue weighted by Crippen LogP contribution is -2.24. The van der Waals surface area contributed by atoms with E-state index in [2.05, 4.69) is 38.2 Å². The van der Waals surface area contributed by atoms with E-state index in [-0.39, 0.29) is 0 Å². The second-order valence-electron chi connectivity index (χ2n) is 5.95. The molecule has 1 fully saturated rings. The fourth-order valence-corrected chi connectivity index (χ4v) is 2.84. The fourth-order valence-electron chi connectivity index (χ4n) is 2.84. The Morgan fingerprint density at radius 2 is 1.89 bits per heavy atom. The van der Waals surface area contributed by atoms with Crippen LogP contribution >= 0.6 is 0 Å². The first-order valence-electron chi connectivity index (χ1n) is 6.98. The zero-order chi connectivity index (χ0) is 14.0. The molecule has 0 saturated heterocycles. The van der Waals surface area contributed by atoms with Gasteiger partial charge in [0, 0.05) is 6.04 Å². The minimum Gasteiger partial charge on any atom is -0.493 e. The number of benzene rings is 1. The van der Waals surface area contributed by atoms with Crippen LogP contribution in [0, 0.1) is 11.3 Å². The lowest BCUT2D eigenvalue weighted by Gasteiger charge is -2.21. The highest BCUT2D eigenvalue weighted by molar-refractivity contribution is 5.44. The molecule has 1 aliphatic rings. The Morgan fingerprint density at radius 3 is 2.37 bits per heavy atom. The number of hydrogen-bond acceptors (Lipinski definition) is 3. The Bertz CT molecular complexity index is 442. The summed E-state index contributed by atoms with van der Waals surface area (Å²) in [4.78, 5) is 0. The Hall–Kier alpha value is -1.22. The van der Waals surface area contributed by atoms with E-state index in [0.29, 0.717) is 17.4 Å². The highest BCUT2D eigenvalue weighted by atomic mass is 16.5. The highest BCUT2D eigenvalue weighted by Crippen LogP contribution is 2.58. The van der Waals surface area contributed by atoms with Gasteiger partial charge in [-0.2, -0.15) is 0 Å². The van der Waals surface area contributed by atoms with Crippen LogP contribution in [0.25, 0.3) is 0 Å². The van der Waals surface area contributed by atoms with Gasteiger partial charge in [0.2, 0.25) is 0 Å². The van der Waals surface area contributed by atoms with E-state index < -0.39 is 0 Å². The van der Waals surface area contributed by atoms with Crippen LogP contribution in [0.4, 0.5) is 0 Å². The maximum atomic E-state index is 5.40. The third-order valence-corrected chi connectivity index (χ3v) is 4.18. The van der Waals surface area contributed by atoms with E-state index in [1.807, 2.05) is 6.07 Å². The van der Waals surface area contributed by atoms with Crippen LogP contribution in [-0.4, -0.2) is 20.8 Å². The maximum absolute atomic E-state index is 5.40. The summed E-state index contributed by atoms with van der Waals surface area (Å²) in [5.41, 5.74) is 1.73. The van der Waals surface area contributed by atoms with E-state index in [4.69, 9.17) is 9.47 Å². The molecular formula is C16H25NO2. The fraction of sp³-hybridized carbons (Fsp3) is 0.625. The molecule has 3 heteroatoms. The van der Waals surface area contributed by atoms with Crippen molar-refractivity contribution >= 4 is 0 Å². The first-order valence-corrected chi connectivity index (χ1v) is 6.98. The van der Waals surface area contributed by atoms with Crippen LogP contribution in [0.1, 0.15) is 38.8 Å². The summed E-state index contributed by atoms with van der Waals surface area (Å²) in [5, 5.41) is 3.61. The van der Waals surface area contributed by atoms with Crippen LogP contribution < -0.4 is 14.8 Å². The van der Waals surface area contributed by atoms with Gasteiger partial charge in [-0.05, 0) is 42.0 Å². The minimum absolute atomic E-state index is 0.403. The van der Waals surface area contributed by atoms with E-state index in [1.54, 1.807) is 14.2 Å². The molecule has 2 unspecified atom stereocenters. The van der Waals surface area contributed by atoms with E-state index in [9.17, 15) is 0 Å². The van der Waals surface area contributed by atoms with Crippen molar-refractivity contribution in [3.63, 3.8) is 0 Å². The van der Waals surface area contributed by atoms with Gasteiger partial charge in [0.05, 0.1) is 14.2 Å². The van der Waals surface area contributed by atoms with Crippen molar-refractivity contribution in [1.29, 1.82) is 0 Å². The molecule has 0 spiro atoms. The number of rotatable bonds is 6. The van der Waals surface area contributed by atoms with Gasteiger partial charge >= 0.3 is 0 Å². The summed E-state index contributed by atoms with van der Waals surface area (Å²) < 4.78 is 10.7. The molecule has 3 nitrogen and oxygen atoms in total. The second-order valence-corrected chi connectivity index (χ2v) is 5.95. The van der Waals surface area contributed by atoms with E-state index in [0.717, 1.165) is 18.0 Å². The van der Waals surface area contributed by atoms with Gasteiger partial charge < -0.3 is 14.8 Å². The van der Waals surface area contributed by atoms with Gasteiger partial charge in [-0.25, -0.2) is 0 Å². The number of ether oxygens (including phenoxy) is 2. The summed E-state index contributed by atoms with van der Waals surface area (Å²) in [6.45, 7) is 7.81. The number of hydrogen-bond donors (Lipinski definition) is 1. The van der Waals surface area contributed by atoms with Crippen molar-refractivity contribution in [2.45, 2.75) is 33.2 Å². The third kappa shape index (κ3) is 2.86. The summed E-state index contributed by atoms with van der Waals surface area (Å²) in [7, 11) is 3.36. The molecule has 2 atom stereocenters. The lowest BCUT2D eigenvalue weighted by atomic mass is 9.96. The van der Waals surface area contributed by atoms with Crippen LogP contribution in [-0.2, 0) is 0 Å². The Balaban J connectivity index is 2.27. The monoisotopic (exact) mass is 263 g/mol. The minimum atomic E-state index is 0.403. The van der Waals surface area contributed by atoms with Crippen molar-refractivity contribution in [3.8, 4) is 11.5 Å². The van der Waals surface area contributed by atoms with Crippen LogP contribution in [0.5, 0.6) is 11.5 Å². The zero-order valence-corrected chi connectivity index (χ0v) is 12.6. The average molecular weight is 263 g/mol. The molecule has 1 aromatic rings. The molecule has 1 aliphatic carbocycles. The molecule has 106 valence electrons. The molecule has 1 saturated carbocycles. The first-order chi connectivity index (χ1) is 9.03. The van der Waals surface area contributed by atoms with Gasteiger partial charge in [-0.1, -0.05) is 26.8 Å². The van der Waals surface area contributed by atoms with Gasteiger partial charge in [-0.15, -0.1) is 0 Å². The molecule has 0 amide bonds. The molecule has 19 heavy (non-hydrogen) atoms. The van der Waals surface area contributed by atoms with Gasteiger partial charge in [0.25, 0.3) is 0 Å². The standard InChI is InChI=1S/C16H25NO2/c1-6-17-15(12-10-16(12,2)3)11-7-8-13(18-4)14(9-11)19-5/h7-9,12,15,17H,6,10H2,1-5H3. The summed E-state index contributed by atoms with van der Waals surface area (Å²) in [5.74, 6) is 2.29. The van der Waals surface area contributed by atoms with Crippen molar-refractivity contribution in [2.75, 3.05) is 20.8 Å². The summed E-state index contributed by atoms with van der Waals surface area (Å²) in [6.07, 6.45) is 1.28. The molecule has 0 bridgehead atoms. The van der Waals surface area contributed by atoms with E-state index in [1.165, 1.54) is 12.0 Å². The van der Waals surface area contributed by atoms with Crippen LogP contribution in [0.2, 0.25) is 0 Å². The molecule has 2 rings (SSSR count). The van der Waals surface area contributed by atoms with Gasteiger partial charge in [-0.3, -0.25) is 0 Å². The van der Waals surface area contributed by atoms with Gasteiger partial charge in [0.15, 0.2) is 11.5 Å². The smallest absolute Gasteiger partial charge is 0.161 e. The predicted molar refractivity (Wildman–Crippen MR) is 77.9 cm³/mol. The zero-order valence-electron chi connectivity index (χ0n) is 12.6. The van der Waals surface area contributed by atoms with Gasteiger partial charge in [0.1, 0.15) is 0 Å². The molecule has 0 aliphatic heterocycles. The molecule has 1 aromatic carbocycles. The first kappa shape index (κ1) is 14.2. The van der Waals surface area contributed by atoms with Crippen molar-refractivity contribution in [1.82, 2.24) is 5.32 Å². The molecule has 1 N–H and O–H groups in total. The third-order valence-electron chi connectivity index (χ3n) is 4.18. The largest absolute Gasteiger partial charge is 0.493 e. The highest BCUT2D eigenvalue weighted by Gasteiger charge is 2.50. The summed E-state index contributed by atoms with van der Waals surface area (Å²) in [6, 6.07) is 6.64. The normalized spacial score (nSPS) is 21.8. The molecule has 0 radical (unpaired) electrons. The lowest BCUT2D eigenvalue weighted by molar-refractivity contribution is 0.352. The summed E-state index contributed by atoms with van der Waals surface area (Å²) >= 11 is 0. The molecular weight excluding hydrogens is 238 g/mol. The molecule has 0 aromatic heterocycles. The second kappa shape index (κ2) is 5.41. The van der Waals surface area contributed by atoms with Crippen LogP contribution in [0.3, 0.4) is 0 Å². The Kier molecular flexibility index (Phi) is 4.04. The average Bonchev–Trinajstić information content (AvgIpc) is 3.03. The van der Waals surface area contributed by atoms with E-state index >= 15 is 0 Å². The van der Waals surface area contributed by atoms with Crippen LogP contribution in [0.15, 0.2) is 18.2 Å².